The van der Waals surface area contributed by atoms with Crippen LogP contribution in [-0.4, -0.2) is 11.7 Å². The zero-order valence-corrected chi connectivity index (χ0v) is 18.6. The van der Waals surface area contributed by atoms with Crippen molar-refractivity contribution in [2.75, 3.05) is 0 Å². The number of nitrogens with one attached hydrogen (secondary N) is 1. The average Bonchev–Trinajstić information content (AvgIpc) is 2.93. The minimum Gasteiger partial charge on any atom is -0.324 e. The molecule has 3 nitrogen and oxygen atoms in total. The predicted molar refractivity (Wildman–Crippen MR) is 141 cm³/mol. The topological polar surface area (TPSA) is 36.8 Å². The molecule has 34 heavy (non-hydrogen) atoms. The summed E-state index contributed by atoms with van der Waals surface area (Å²) in [4.78, 5) is 10.1. The Balaban J connectivity index is 1.54. The van der Waals surface area contributed by atoms with Crippen molar-refractivity contribution in [1.82, 2.24) is 5.32 Å². The van der Waals surface area contributed by atoms with Crippen molar-refractivity contribution in [3.8, 4) is 11.1 Å². The number of fused-ring (bicyclic) bond motifs is 1. The summed E-state index contributed by atoms with van der Waals surface area (Å²) < 4.78 is 0. The Morgan fingerprint density at radius 2 is 1.09 bits per heavy atom. The monoisotopic (exact) mass is 437 g/mol. The van der Waals surface area contributed by atoms with Gasteiger partial charge in [0.05, 0.1) is 0 Å². The Bertz CT molecular complexity index is 1500. The quantitative estimate of drug-likeness (QED) is 0.323. The van der Waals surface area contributed by atoms with Gasteiger partial charge in [0.1, 0.15) is 11.7 Å². The lowest BCUT2D eigenvalue weighted by Crippen LogP contribution is -2.36. The molecule has 0 amide bonds. The SMILES string of the molecule is c1ccc(C2=NC(c3ccccc3)N=C(c3cc(-c4ccccc4)cc4ccccc34)N2)cc1. The Kier molecular flexibility index (Phi) is 5.21. The third-order valence-electron chi connectivity index (χ3n) is 6.11. The molecule has 0 saturated heterocycles. The van der Waals surface area contributed by atoms with Crippen LogP contribution in [-0.2, 0) is 0 Å². The molecule has 1 heterocycles. The molecular formula is C31H23N3. The maximum absolute atomic E-state index is 5.10. The zero-order chi connectivity index (χ0) is 22.7. The molecule has 1 aliphatic rings. The van der Waals surface area contributed by atoms with Crippen LogP contribution < -0.4 is 5.32 Å². The summed E-state index contributed by atoms with van der Waals surface area (Å²) in [7, 11) is 0. The van der Waals surface area contributed by atoms with E-state index in [4.69, 9.17) is 9.98 Å². The lowest BCUT2D eigenvalue weighted by atomic mass is 9.96. The van der Waals surface area contributed by atoms with Gasteiger partial charge in [0.2, 0.25) is 0 Å². The van der Waals surface area contributed by atoms with Gasteiger partial charge in [-0.15, -0.1) is 0 Å². The Morgan fingerprint density at radius 3 is 1.82 bits per heavy atom. The first-order valence-electron chi connectivity index (χ1n) is 11.5. The van der Waals surface area contributed by atoms with Crippen LogP contribution in [0.2, 0.25) is 0 Å². The normalized spacial score (nSPS) is 15.4. The molecule has 0 fully saturated rings. The molecule has 0 aromatic heterocycles. The molecule has 1 N–H and O–H groups in total. The first kappa shape index (κ1) is 20.1. The molecule has 6 rings (SSSR count). The van der Waals surface area contributed by atoms with Gasteiger partial charge in [-0.1, -0.05) is 115 Å². The van der Waals surface area contributed by atoms with E-state index in [1.807, 2.05) is 42.5 Å². The number of hydrogen-bond acceptors (Lipinski definition) is 3. The second kappa shape index (κ2) is 8.80. The molecule has 0 spiro atoms. The van der Waals surface area contributed by atoms with Gasteiger partial charge in [-0.3, -0.25) is 0 Å². The van der Waals surface area contributed by atoms with Crippen molar-refractivity contribution in [3.63, 3.8) is 0 Å². The van der Waals surface area contributed by atoms with Gasteiger partial charge in [-0.05, 0) is 39.6 Å². The fraction of sp³-hybridized carbons (Fsp3) is 0.0323. The van der Waals surface area contributed by atoms with E-state index in [0.29, 0.717) is 0 Å². The summed E-state index contributed by atoms with van der Waals surface area (Å²) in [5.74, 6) is 1.66. The molecule has 5 aromatic carbocycles. The highest BCUT2D eigenvalue weighted by Crippen LogP contribution is 2.30. The van der Waals surface area contributed by atoms with Gasteiger partial charge in [-0.2, -0.15) is 0 Å². The summed E-state index contributed by atoms with van der Waals surface area (Å²) in [6, 6.07) is 44.0. The molecule has 1 unspecified atom stereocenters. The maximum atomic E-state index is 5.10. The predicted octanol–water partition coefficient (Wildman–Crippen LogP) is 7.00. The van der Waals surface area contributed by atoms with E-state index >= 15 is 0 Å². The van der Waals surface area contributed by atoms with Crippen molar-refractivity contribution >= 4 is 22.4 Å². The van der Waals surface area contributed by atoms with Gasteiger partial charge in [-0.25, -0.2) is 9.98 Å². The van der Waals surface area contributed by atoms with Crippen molar-refractivity contribution in [2.45, 2.75) is 6.17 Å². The first-order valence-corrected chi connectivity index (χ1v) is 11.5. The largest absolute Gasteiger partial charge is 0.324 e. The molecule has 162 valence electrons. The molecule has 0 bridgehead atoms. The zero-order valence-electron chi connectivity index (χ0n) is 18.6. The molecule has 0 saturated carbocycles. The Labute approximate surface area is 199 Å². The van der Waals surface area contributed by atoms with Gasteiger partial charge < -0.3 is 5.32 Å². The van der Waals surface area contributed by atoms with Crippen LogP contribution in [0, 0.1) is 0 Å². The summed E-state index contributed by atoms with van der Waals surface area (Å²) in [5.41, 5.74) is 5.53. The lowest BCUT2D eigenvalue weighted by molar-refractivity contribution is 0.756. The molecule has 1 aliphatic heterocycles. The third kappa shape index (κ3) is 3.89. The van der Waals surface area contributed by atoms with Gasteiger partial charge in [0.15, 0.2) is 6.17 Å². The van der Waals surface area contributed by atoms with Gasteiger partial charge in [0, 0.05) is 11.1 Å². The number of benzene rings is 5. The molecule has 1 atom stereocenters. The van der Waals surface area contributed by atoms with Crippen LogP contribution in [0.15, 0.2) is 137 Å². The molecule has 3 heteroatoms. The summed E-state index contributed by atoms with van der Waals surface area (Å²) >= 11 is 0. The summed E-state index contributed by atoms with van der Waals surface area (Å²) in [5, 5.41) is 5.90. The van der Waals surface area contributed by atoms with Crippen LogP contribution in [0.1, 0.15) is 22.9 Å². The second-order valence-corrected chi connectivity index (χ2v) is 8.34. The number of hydrogen-bond donors (Lipinski definition) is 1. The minimum absolute atomic E-state index is 0.313. The standard InChI is InChI=1S/C31H23N3/c1-4-12-22(13-5-1)26-20-25-18-10-11-19-27(25)28(21-26)31-33-29(23-14-6-2-7-15-23)32-30(34-31)24-16-8-3-9-17-24/h1-21,29H,(H,32,33,34). The van der Waals surface area contributed by atoms with E-state index in [1.165, 1.54) is 16.5 Å². The highest BCUT2D eigenvalue weighted by Gasteiger charge is 2.22. The molecule has 5 aromatic rings. The van der Waals surface area contributed by atoms with Gasteiger partial charge in [0.25, 0.3) is 0 Å². The summed E-state index contributed by atoms with van der Waals surface area (Å²) in [6.45, 7) is 0. The van der Waals surface area contributed by atoms with Crippen molar-refractivity contribution in [2.24, 2.45) is 9.98 Å². The number of nitrogens with zero attached hydrogens (tertiary/aromatic N) is 2. The van der Waals surface area contributed by atoms with Crippen LogP contribution >= 0.6 is 0 Å². The number of rotatable bonds is 4. The highest BCUT2D eigenvalue weighted by molar-refractivity contribution is 6.20. The van der Waals surface area contributed by atoms with Gasteiger partial charge >= 0.3 is 0 Å². The van der Waals surface area contributed by atoms with Crippen molar-refractivity contribution in [1.29, 1.82) is 0 Å². The highest BCUT2D eigenvalue weighted by atomic mass is 15.2. The van der Waals surface area contributed by atoms with E-state index in [1.54, 1.807) is 0 Å². The van der Waals surface area contributed by atoms with Crippen molar-refractivity contribution in [3.05, 3.63) is 144 Å². The van der Waals surface area contributed by atoms with E-state index in [-0.39, 0.29) is 6.17 Å². The fourth-order valence-electron chi connectivity index (χ4n) is 4.41. The third-order valence-corrected chi connectivity index (χ3v) is 6.11. The van der Waals surface area contributed by atoms with Crippen LogP contribution in [0.3, 0.4) is 0 Å². The summed E-state index contributed by atoms with van der Waals surface area (Å²) in [6.07, 6.45) is -0.313. The fourth-order valence-corrected chi connectivity index (χ4v) is 4.41. The Morgan fingerprint density at radius 1 is 0.500 bits per heavy atom. The molecular weight excluding hydrogens is 414 g/mol. The first-order chi connectivity index (χ1) is 16.8. The van der Waals surface area contributed by atoms with E-state index < -0.39 is 0 Å². The number of aliphatic imine (C=N–C) groups is 2. The van der Waals surface area contributed by atoms with Crippen LogP contribution in [0.4, 0.5) is 0 Å². The van der Waals surface area contributed by atoms with E-state index in [2.05, 4.69) is 90.2 Å². The lowest BCUT2D eigenvalue weighted by Gasteiger charge is -2.23. The smallest absolute Gasteiger partial charge is 0.169 e. The second-order valence-electron chi connectivity index (χ2n) is 8.34. The molecule has 0 radical (unpaired) electrons. The van der Waals surface area contributed by atoms with E-state index in [9.17, 15) is 0 Å². The Hall–Kier alpha value is -4.50. The number of amidine groups is 2. The minimum atomic E-state index is -0.313. The average molecular weight is 438 g/mol. The maximum Gasteiger partial charge on any atom is 0.169 e. The van der Waals surface area contributed by atoms with Crippen LogP contribution in [0.5, 0.6) is 0 Å². The van der Waals surface area contributed by atoms with Crippen LogP contribution in [0.25, 0.3) is 21.9 Å². The molecule has 0 aliphatic carbocycles. The van der Waals surface area contributed by atoms with Crippen molar-refractivity contribution < 1.29 is 0 Å². The van der Waals surface area contributed by atoms with E-state index in [0.717, 1.165) is 33.7 Å².